The number of anilines is 1. The first kappa shape index (κ1) is 23.6. The first-order valence-electron chi connectivity index (χ1n) is 11.9. The zero-order valence-corrected chi connectivity index (χ0v) is 20.5. The Morgan fingerprint density at radius 2 is 1.83 bits per heavy atom. The van der Waals surface area contributed by atoms with Gasteiger partial charge in [0, 0.05) is 60.5 Å². The molecule has 4 aromatic rings. The van der Waals surface area contributed by atoms with E-state index in [0.717, 1.165) is 73.5 Å². The lowest BCUT2D eigenvalue weighted by Gasteiger charge is -2.32. The molecule has 6 nitrogen and oxygen atoms in total. The van der Waals surface area contributed by atoms with Crippen molar-refractivity contribution in [1.29, 1.82) is 0 Å². The number of rotatable bonds is 7. The normalized spacial score (nSPS) is 14.9. The highest BCUT2D eigenvalue weighted by Crippen LogP contribution is 2.35. The van der Waals surface area contributed by atoms with E-state index in [1.165, 1.54) is 12.1 Å². The number of hydrogen-bond donors (Lipinski definition) is 1. The molecular weight excluding hydrogens is 463 g/mol. The molecule has 0 saturated carbocycles. The Labute approximate surface area is 209 Å². The second kappa shape index (κ2) is 10.6. The van der Waals surface area contributed by atoms with Crippen molar-refractivity contribution < 1.29 is 4.39 Å². The molecule has 2 aromatic carbocycles. The Bertz CT molecular complexity index is 1320. The van der Waals surface area contributed by atoms with E-state index < -0.39 is 0 Å². The van der Waals surface area contributed by atoms with E-state index >= 15 is 0 Å². The highest BCUT2D eigenvalue weighted by Gasteiger charge is 2.15. The molecule has 0 radical (unpaired) electrons. The summed E-state index contributed by atoms with van der Waals surface area (Å²) in [6, 6.07) is 14.3. The molecule has 0 unspecified atom stereocenters. The number of halogens is 2. The number of hydrogen-bond acceptors (Lipinski definition) is 6. The van der Waals surface area contributed by atoms with Gasteiger partial charge in [0.05, 0.1) is 11.2 Å². The van der Waals surface area contributed by atoms with Crippen molar-refractivity contribution in [3.63, 3.8) is 0 Å². The van der Waals surface area contributed by atoms with Crippen LogP contribution in [-0.4, -0.2) is 71.1 Å². The Kier molecular flexibility index (Phi) is 7.18. The van der Waals surface area contributed by atoms with Crippen LogP contribution in [0.25, 0.3) is 33.3 Å². The van der Waals surface area contributed by atoms with E-state index in [-0.39, 0.29) is 5.82 Å². The highest BCUT2D eigenvalue weighted by molar-refractivity contribution is 6.30. The van der Waals surface area contributed by atoms with Gasteiger partial charge in [0.2, 0.25) is 0 Å². The second-order valence-corrected chi connectivity index (χ2v) is 9.34. The number of aromatic nitrogens is 3. The Hall–Kier alpha value is -3.13. The van der Waals surface area contributed by atoms with Crippen molar-refractivity contribution in [3.05, 3.63) is 71.9 Å². The van der Waals surface area contributed by atoms with Crippen molar-refractivity contribution in [3.8, 4) is 22.4 Å². The monoisotopic (exact) mass is 490 g/mol. The number of benzene rings is 2. The topological polar surface area (TPSA) is 57.2 Å². The third kappa shape index (κ3) is 5.42. The summed E-state index contributed by atoms with van der Waals surface area (Å²) in [7, 11) is 2.17. The Morgan fingerprint density at radius 3 is 2.69 bits per heavy atom. The molecule has 0 bridgehead atoms. The van der Waals surface area contributed by atoms with Crippen molar-refractivity contribution in [1.82, 2.24) is 24.8 Å². The Morgan fingerprint density at radius 1 is 0.971 bits per heavy atom. The molecule has 1 aliphatic heterocycles. The SMILES string of the molecule is CN1CCN(CCCNc2ncnc3ccc(-c4cccnc4-c4cc(Cl)ccc4F)cc23)CC1. The summed E-state index contributed by atoms with van der Waals surface area (Å²) in [4.78, 5) is 18.3. The fraction of sp³-hybridized carbons (Fsp3) is 0.296. The third-order valence-electron chi connectivity index (χ3n) is 6.48. The predicted octanol–water partition coefficient (Wildman–Crippen LogP) is 5.20. The molecule has 0 aliphatic carbocycles. The van der Waals surface area contributed by atoms with Gasteiger partial charge in [-0.05, 0) is 62.0 Å². The van der Waals surface area contributed by atoms with Gasteiger partial charge in [-0.2, -0.15) is 0 Å². The average Bonchev–Trinajstić information content (AvgIpc) is 2.89. The molecule has 0 amide bonds. The summed E-state index contributed by atoms with van der Waals surface area (Å²) in [5.41, 5.74) is 3.51. The molecule has 8 heteroatoms. The van der Waals surface area contributed by atoms with Crippen molar-refractivity contribution in [2.45, 2.75) is 6.42 Å². The van der Waals surface area contributed by atoms with Crippen LogP contribution in [0.15, 0.2) is 61.1 Å². The van der Waals surface area contributed by atoms with Crippen LogP contribution in [0.5, 0.6) is 0 Å². The van der Waals surface area contributed by atoms with Crippen LogP contribution in [0.2, 0.25) is 5.02 Å². The highest BCUT2D eigenvalue weighted by atomic mass is 35.5. The van der Waals surface area contributed by atoms with E-state index in [0.29, 0.717) is 16.3 Å². The van der Waals surface area contributed by atoms with Crippen molar-refractivity contribution in [2.75, 3.05) is 51.6 Å². The summed E-state index contributed by atoms with van der Waals surface area (Å²) < 4.78 is 14.7. The maximum Gasteiger partial charge on any atom is 0.137 e. The van der Waals surface area contributed by atoms with Crippen LogP contribution in [-0.2, 0) is 0 Å². The van der Waals surface area contributed by atoms with Crippen LogP contribution in [0.3, 0.4) is 0 Å². The zero-order chi connectivity index (χ0) is 24.2. The average molecular weight is 491 g/mol. The molecule has 35 heavy (non-hydrogen) atoms. The van der Waals surface area contributed by atoms with Crippen LogP contribution in [0.1, 0.15) is 6.42 Å². The molecule has 1 saturated heterocycles. The maximum absolute atomic E-state index is 14.7. The van der Waals surface area contributed by atoms with E-state index in [9.17, 15) is 4.39 Å². The standard InChI is InChI=1S/C27H28ClFN6/c1-34-12-14-35(15-13-34)11-3-10-31-27-23-16-19(5-8-25(23)32-18-33-27)21-4-2-9-30-26(21)22-17-20(28)6-7-24(22)29/h2,4-9,16-18H,3,10-15H2,1H3,(H,31,32,33). The smallest absolute Gasteiger partial charge is 0.137 e. The van der Waals surface area contributed by atoms with Gasteiger partial charge in [-0.25, -0.2) is 14.4 Å². The third-order valence-corrected chi connectivity index (χ3v) is 6.71. The van der Waals surface area contributed by atoms with Gasteiger partial charge in [-0.1, -0.05) is 23.7 Å². The summed E-state index contributed by atoms with van der Waals surface area (Å²) in [5, 5.41) is 4.88. The number of nitrogens with one attached hydrogen (secondary N) is 1. The van der Waals surface area contributed by atoms with Crippen LogP contribution in [0.4, 0.5) is 10.2 Å². The predicted molar refractivity (Wildman–Crippen MR) is 140 cm³/mol. The van der Waals surface area contributed by atoms with Gasteiger partial charge in [0.1, 0.15) is 18.0 Å². The zero-order valence-electron chi connectivity index (χ0n) is 19.7. The van der Waals surface area contributed by atoms with Gasteiger partial charge >= 0.3 is 0 Å². The minimum absolute atomic E-state index is 0.360. The molecule has 0 spiro atoms. The first-order chi connectivity index (χ1) is 17.1. The van der Waals surface area contributed by atoms with Crippen LogP contribution in [0, 0.1) is 5.82 Å². The first-order valence-corrected chi connectivity index (χ1v) is 12.3. The summed E-state index contributed by atoms with van der Waals surface area (Å²) >= 11 is 6.16. The number of piperazine rings is 1. The number of pyridine rings is 1. The molecular formula is C27H28ClFN6. The fourth-order valence-electron chi connectivity index (χ4n) is 4.48. The van der Waals surface area contributed by atoms with Gasteiger partial charge in [-0.15, -0.1) is 0 Å². The van der Waals surface area contributed by atoms with E-state index in [1.807, 2.05) is 30.3 Å². The lowest BCUT2D eigenvalue weighted by atomic mass is 9.98. The molecule has 3 heterocycles. The minimum atomic E-state index is -0.360. The fourth-order valence-corrected chi connectivity index (χ4v) is 4.65. The molecule has 2 aromatic heterocycles. The van der Waals surface area contributed by atoms with Gasteiger partial charge < -0.3 is 15.1 Å². The van der Waals surface area contributed by atoms with Crippen molar-refractivity contribution >= 4 is 28.3 Å². The minimum Gasteiger partial charge on any atom is -0.369 e. The largest absolute Gasteiger partial charge is 0.369 e. The summed E-state index contributed by atoms with van der Waals surface area (Å²) in [6.45, 7) is 6.40. The molecule has 1 N–H and O–H groups in total. The van der Waals surface area contributed by atoms with Crippen LogP contribution < -0.4 is 5.32 Å². The summed E-state index contributed by atoms with van der Waals surface area (Å²) in [6.07, 6.45) is 4.29. The van der Waals surface area contributed by atoms with E-state index in [2.05, 4.69) is 37.1 Å². The molecule has 1 aliphatic rings. The molecule has 180 valence electrons. The summed E-state index contributed by atoms with van der Waals surface area (Å²) in [5.74, 6) is 0.441. The second-order valence-electron chi connectivity index (χ2n) is 8.90. The number of likely N-dealkylation sites (N-methyl/N-ethyl adjacent to an activating group) is 1. The number of fused-ring (bicyclic) bond motifs is 1. The Balaban J connectivity index is 1.39. The van der Waals surface area contributed by atoms with E-state index in [1.54, 1.807) is 18.6 Å². The maximum atomic E-state index is 14.7. The quantitative estimate of drug-likeness (QED) is 0.359. The lowest BCUT2D eigenvalue weighted by Crippen LogP contribution is -2.44. The lowest BCUT2D eigenvalue weighted by molar-refractivity contribution is 0.154. The van der Waals surface area contributed by atoms with Gasteiger partial charge in [-0.3, -0.25) is 4.98 Å². The van der Waals surface area contributed by atoms with Crippen LogP contribution >= 0.6 is 11.6 Å². The number of nitrogens with zero attached hydrogens (tertiary/aromatic N) is 5. The molecule has 5 rings (SSSR count). The van der Waals surface area contributed by atoms with Gasteiger partial charge in [0.25, 0.3) is 0 Å². The van der Waals surface area contributed by atoms with Gasteiger partial charge in [0.15, 0.2) is 0 Å². The van der Waals surface area contributed by atoms with E-state index in [4.69, 9.17) is 11.6 Å². The molecule has 1 fully saturated rings. The van der Waals surface area contributed by atoms with Crippen molar-refractivity contribution in [2.24, 2.45) is 0 Å². The molecule has 0 atom stereocenters.